The third-order valence-electron chi connectivity index (χ3n) is 3.87. The van der Waals surface area contributed by atoms with Gasteiger partial charge in [-0.2, -0.15) is 0 Å². The normalized spacial score (nSPS) is 18.2. The van der Waals surface area contributed by atoms with Crippen LogP contribution in [0, 0.1) is 0 Å². The molecule has 2 rings (SSSR count). The van der Waals surface area contributed by atoms with E-state index in [4.69, 9.17) is 5.11 Å². The summed E-state index contributed by atoms with van der Waals surface area (Å²) in [5.74, 6) is 0.178. The lowest BCUT2D eigenvalue weighted by atomic mass is 10.1. The van der Waals surface area contributed by atoms with Crippen LogP contribution in [0.25, 0.3) is 0 Å². The highest BCUT2D eigenvalue weighted by molar-refractivity contribution is 5.86. The monoisotopic (exact) mass is 331 g/mol. The standard InChI is InChI=1S/C18H25N3O3/c22-17(9-3-1-2-4-10-18(23)24)19-12-11-16-20-14-7-5-6-8-15(13-14)21-16/h5-8,13-14H,1-4,9-12H2,(H,19,22)(H,20,21)(H,23,24). The van der Waals surface area contributed by atoms with Crippen LogP contribution in [0.15, 0.2) is 41.1 Å². The Morgan fingerprint density at radius 2 is 1.96 bits per heavy atom. The molecule has 0 saturated carbocycles. The molecule has 1 heterocycles. The number of carboxylic acids is 1. The summed E-state index contributed by atoms with van der Waals surface area (Å²) in [4.78, 5) is 26.7. The number of nitrogens with one attached hydrogen (secondary N) is 2. The minimum atomic E-state index is -0.756. The van der Waals surface area contributed by atoms with Gasteiger partial charge in [0.15, 0.2) is 0 Å². The van der Waals surface area contributed by atoms with Gasteiger partial charge in [0.2, 0.25) is 5.91 Å². The number of fused-ring (bicyclic) bond motifs is 1. The summed E-state index contributed by atoms with van der Waals surface area (Å²) in [6, 6.07) is 0.0766. The predicted molar refractivity (Wildman–Crippen MR) is 93.7 cm³/mol. The fourth-order valence-electron chi connectivity index (χ4n) is 2.63. The summed E-state index contributed by atoms with van der Waals surface area (Å²) >= 11 is 0. The lowest BCUT2D eigenvalue weighted by Gasteiger charge is -2.18. The molecule has 0 aromatic heterocycles. The van der Waals surface area contributed by atoms with Gasteiger partial charge in [-0.1, -0.05) is 31.1 Å². The molecule has 0 spiro atoms. The van der Waals surface area contributed by atoms with Crippen LogP contribution >= 0.6 is 0 Å². The molecule has 6 heteroatoms. The number of amides is 1. The van der Waals surface area contributed by atoms with Gasteiger partial charge in [0.25, 0.3) is 0 Å². The van der Waals surface area contributed by atoms with Crippen LogP contribution in [-0.2, 0) is 9.59 Å². The molecule has 0 radical (unpaired) electrons. The van der Waals surface area contributed by atoms with E-state index in [-0.39, 0.29) is 18.4 Å². The largest absolute Gasteiger partial charge is 0.481 e. The molecule has 1 atom stereocenters. The maximum absolute atomic E-state index is 11.8. The summed E-state index contributed by atoms with van der Waals surface area (Å²) in [5.41, 5.74) is 1.04. The first-order valence-electron chi connectivity index (χ1n) is 8.52. The van der Waals surface area contributed by atoms with E-state index in [1.54, 1.807) is 0 Å². The van der Waals surface area contributed by atoms with E-state index in [0.29, 0.717) is 25.8 Å². The first kappa shape index (κ1) is 18.0. The van der Waals surface area contributed by atoms with Gasteiger partial charge in [-0.3, -0.25) is 14.6 Å². The topological polar surface area (TPSA) is 90.8 Å². The zero-order chi connectivity index (χ0) is 17.2. The Morgan fingerprint density at radius 3 is 2.75 bits per heavy atom. The van der Waals surface area contributed by atoms with Crippen LogP contribution in [0.3, 0.4) is 0 Å². The average Bonchev–Trinajstić information content (AvgIpc) is 2.71. The molecule has 0 aromatic rings. The van der Waals surface area contributed by atoms with Gasteiger partial charge in [-0.15, -0.1) is 0 Å². The number of hydrogen-bond donors (Lipinski definition) is 3. The molecule has 0 fully saturated rings. The van der Waals surface area contributed by atoms with Crippen molar-refractivity contribution in [2.45, 2.75) is 51.0 Å². The van der Waals surface area contributed by atoms with E-state index < -0.39 is 5.97 Å². The predicted octanol–water partition coefficient (Wildman–Crippen LogP) is 2.30. The molecule has 6 nitrogen and oxygen atoms in total. The Hall–Kier alpha value is -2.37. The van der Waals surface area contributed by atoms with E-state index in [0.717, 1.165) is 30.8 Å². The molecule has 1 aliphatic carbocycles. The number of allylic oxidation sites excluding steroid dienone is 3. The van der Waals surface area contributed by atoms with E-state index in [1.165, 1.54) is 0 Å². The van der Waals surface area contributed by atoms with Crippen molar-refractivity contribution in [2.24, 2.45) is 4.99 Å². The van der Waals surface area contributed by atoms with Gasteiger partial charge >= 0.3 is 5.97 Å². The lowest BCUT2D eigenvalue weighted by Crippen LogP contribution is -2.33. The van der Waals surface area contributed by atoms with Crippen molar-refractivity contribution in [2.75, 3.05) is 6.54 Å². The second-order valence-corrected chi connectivity index (χ2v) is 5.97. The molecule has 2 aliphatic rings. The van der Waals surface area contributed by atoms with Crippen LogP contribution in [-0.4, -0.2) is 35.4 Å². The van der Waals surface area contributed by atoms with Crippen molar-refractivity contribution in [1.29, 1.82) is 0 Å². The highest BCUT2D eigenvalue weighted by Gasteiger charge is 2.13. The lowest BCUT2D eigenvalue weighted by molar-refractivity contribution is -0.137. The number of unbranched alkanes of at least 4 members (excludes halogenated alkanes) is 3. The molecule has 1 unspecified atom stereocenters. The SMILES string of the molecule is O=C(O)CCCCCCC(=O)NCCC1=NC2C=CC=CC(=C2)N1. The minimum absolute atomic E-state index is 0.0427. The summed E-state index contributed by atoms with van der Waals surface area (Å²) in [7, 11) is 0. The Morgan fingerprint density at radius 1 is 1.17 bits per heavy atom. The highest BCUT2D eigenvalue weighted by Crippen LogP contribution is 2.12. The van der Waals surface area contributed by atoms with Crippen LogP contribution in [0.5, 0.6) is 0 Å². The Labute approximate surface area is 142 Å². The van der Waals surface area contributed by atoms with Crippen molar-refractivity contribution < 1.29 is 14.7 Å². The molecule has 130 valence electrons. The summed E-state index contributed by atoms with van der Waals surface area (Å²) in [6.45, 7) is 0.567. The third-order valence-corrected chi connectivity index (χ3v) is 3.87. The Kier molecular flexibility index (Phi) is 7.26. The third kappa shape index (κ3) is 6.81. The maximum atomic E-state index is 11.8. The Bertz CT molecular complexity index is 576. The molecule has 1 amide bonds. The molecule has 3 N–H and O–H groups in total. The number of amidine groups is 1. The fourth-order valence-corrected chi connectivity index (χ4v) is 2.63. The number of carbonyl (C=O) groups is 2. The van der Waals surface area contributed by atoms with Gasteiger partial charge in [0, 0.05) is 31.5 Å². The van der Waals surface area contributed by atoms with Crippen molar-refractivity contribution in [1.82, 2.24) is 10.6 Å². The maximum Gasteiger partial charge on any atom is 0.303 e. The number of nitrogens with zero attached hydrogens (tertiary/aromatic N) is 1. The Balaban J connectivity index is 1.55. The number of aliphatic imine (C=N–C) groups is 1. The van der Waals surface area contributed by atoms with Gasteiger partial charge in [-0.05, 0) is 25.0 Å². The smallest absolute Gasteiger partial charge is 0.303 e. The van der Waals surface area contributed by atoms with E-state index >= 15 is 0 Å². The molecule has 0 saturated heterocycles. The van der Waals surface area contributed by atoms with Crippen molar-refractivity contribution in [3.63, 3.8) is 0 Å². The fraction of sp³-hybridized carbons (Fsp3) is 0.500. The zero-order valence-electron chi connectivity index (χ0n) is 13.8. The van der Waals surface area contributed by atoms with E-state index in [1.807, 2.05) is 24.3 Å². The van der Waals surface area contributed by atoms with Crippen LogP contribution in [0.1, 0.15) is 44.9 Å². The number of hydrogen-bond acceptors (Lipinski definition) is 4. The quantitative estimate of drug-likeness (QED) is 0.536. The minimum Gasteiger partial charge on any atom is -0.481 e. The molecule has 2 bridgehead atoms. The van der Waals surface area contributed by atoms with Crippen molar-refractivity contribution in [3.05, 3.63) is 36.1 Å². The second-order valence-electron chi connectivity index (χ2n) is 5.97. The van der Waals surface area contributed by atoms with Gasteiger partial charge in [-0.25, -0.2) is 0 Å². The summed E-state index contributed by atoms with van der Waals surface area (Å²) in [5, 5.41) is 14.7. The molecule has 1 aliphatic heterocycles. The number of carboxylic acid groups (broad SMARTS) is 1. The van der Waals surface area contributed by atoms with Crippen molar-refractivity contribution >= 4 is 17.7 Å². The van der Waals surface area contributed by atoms with Gasteiger partial charge in [0.1, 0.15) is 5.84 Å². The van der Waals surface area contributed by atoms with Crippen molar-refractivity contribution in [3.8, 4) is 0 Å². The summed E-state index contributed by atoms with van der Waals surface area (Å²) < 4.78 is 0. The molecule has 0 aromatic carbocycles. The van der Waals surface area contributed by atoms with Crippen LogP contribution < -0.4 is 10.6 Å². The average molecular weight is 331 g/mol. The van der Waals surface area contributed by atoms with Crippen LogP contribution in [0.2, 0.25) is 0 Å². The van der Waals surface area contributed by atoms with E-state index in [9.17, 15) is 9.59 Å². The zero-order valence-corrected chi connectivity index (χ0v) is 13.8. The van der Waals surface area contributed by atoms with Crippen LogP contribution in [0.4, 0.5) is 0 Å². The molecular weight excluding hydrogens is 306 g/mol. The summed E-state index contributed by atoms with van der Waals surface area (Å²) in [6.07, 6.45) is 14.7. The van der Waals surface area contributed by atoms with E-state index in [2.05, 4.69) is 21.7 Å². The van der Waals surface area contributed by atoms with Gasteiger partial charge in [0.05, 0.1) is 6.04 Å². The molecular formula is C18H25N3O3. The molecule has 24 heavy (non-hydrogen) atoms. The van der Waals surface area contributed by atoms with Gasteiger partial charge < -0.3 is 15.7 Å². The first-order chi connectivity index (χ1) is 11.6. The number of rotatable bonds is 10. The first-order valence-corrected chi connectivity index (χ1v) is 8.52. The highest BCUT2D eigenvalue weighted by atomic mass is 16.4. The second kappa shape index (κ2) is 9.70. The number of aliphatic carboxylic acids is 1. The number of carbonyl (C=O) groups excluding carboxylic acids is 1.